The molecule has 0 spiro atoms. The van der Waals surface area contributed by atoms with Crippen LogP contribution in [-0.4, -0.2) is 56.5 Å². The Morgan fingerprint density at radius 3 is 2.32 bits per heavy atom. The number of ether oxygens (including phenoxy) is 1. The van der Waals surface area contributed by atoms with E-state index in [9.17, 15) is 18.0 Å². The number of likely N-dealkylation sites (tertiary alicyclic amines) is 1. The summed E-state index contributed by atoms with van der Waals surface area (Å²) in [6, 6.07) is 13.1. The van der Waals surface area contributed by atoms with Gasteiger partial charge in [-0.15, -0.1) is 0 Å². The van der Waals surface area contributed by atoms with E-state index in [0.717, 1.165) is 67.9 Å². The molecule has 4 saturated carbocycles. The summed E-state index contributed by atoms with van der Waals surface area (Å²) in [7, 11) is -2.01. The molecule has 0 aromatic heterocycles. The molecule has 1 N–H and O–H groups in total. The molecule has 6 aliphatic rings. The van der Waals surface area contributed by atoms with Crippen molar-refractivity contribution in [2.45, 2.75) is 160 Å². The lowest BCUT2D eigenvalue weighted by atomic mass is 9.48. The Morgan fingerprint density at radius 1 is 0.946 bits per heavy atom. The van der Waals surface area contributed by atoms with Crippen LogP contribution in [0.4, 0.5) is 0 Å². The molecule has 5 aliphatic carbocycles. The van der Waals surface area contributed by atoms with Crippen molar-refractivity contribution >= 4 is 32.9 Å². The third-order valence-corrected chi connectivity index (χ3v) is 18.0. The van der Waals surface area contributed by atoms with Crippen LogP contribution in [0.15, 0.2) is 36.4 Å². The maximum absolute atomic E-state index is 14.7. The van der Waals surface area contributed by atoms with Crippen LogP contribution in [0.25, 0.3) is 11.1 Å². The molecule has 1 aliphatic heterocycles. The summed E-state index contributed by atoms with van der Waals surface area (Å²) in [6.07, 6.45) is 19.1. The number of nitrogens with zero attached hydrogens (tertiary/aromatic N) is 1. The van der Waals surface area contributed by atoms with Crippen LogP contribution in [-0.2, 0) is 20.2 Å². The van der Waals surface area contributed by atoms with Crippen LogP contribution in [0.3, 0.4) is 0 Å². The monoisotopic (exact) mass is 782 g/mol. The standard InChI is InChI=1S/C48H66N2O5S/c1-7-46-25-26-47(46,31-50(30-46)36-18-19-36)23-12-16-42(51)48-24-11-15-40(39-22-20-37(55-6)28-41(39)45(48,5)29-48)43(34-13-9-8-10-14-34)38-21-17-35(27-33(38)4)44(52)49-56(53,54)32(2)3/h17,20-22,27-28,32,34,36H,7-16,18-19,23-26,29-31H2,1-6H3,(H,49,52)/b43-40+/t45-,46?,47?,48-/m0/s1. The number of rotatable bonds is 13. The highest BCUT2D eigenvalue weighted by Gasteiger charge is 2.69. The van der Waals surface area contributed by atoms with E-state index in [0.29, 0.717) is 34.5 Å². The highest BCUT2D eigenvalue weighted by Crippen LogP contribution is 2.71. The normalized spacial score (nSPS) is 31.3. The molecule has 4 atom stereocenters. The lowest BCUT2D eigenvalue weighted by molar-refractivity contribution is -0.125. The first-order valence-corrected chi connectivity index (χ1v) is 23.6. The van der Waals surface area contributed by atoms with E-state index in [1.165, 1.54) is 93.2 Å². The third-order valence-electron chi connectivity index (χ3n) is 16.3. The molecule has 0 bridgehead atoms. The molecule has 5 fully saturated rings. The summed E-state index contributed by atoms with van der Waals surface area (Å²) >= 11 is 0. The number of ketones is 1. The van der Waals surface area contributed by atoms with Gasteiger partial charge in [-0.3, -0.25) is 14.5 Å². The number of allylic oxidation sites excluding steroid dienone is 2. The highest BCUT2D eigenvalue weighted by molar-refractivity contribution is 7.90. The second-order valence-electron chi connectivity index (χ2n) is 19.5. The van der Waals surface area contributed by atoms with Gasteiger partial charge in [0.15, 0.2) is 0 Å². The zero-order valence-electron chi connectivity index (χ0n) is 35.0. The SMILES string of the molecule is CCC12CCC1(CCCC(=O)[C@@]13CCC/C(=C(\c4ccc(C(=O)NS(=O)(=O)C(C)C)cc4C)C4CCCCC4)c4ccc(OC)cc4[C@]1(C)C3)CN(C1CC1)C2. The van der Waals surface area contributed by atoms with Gasteiger partial charge in [0.2, 0.25) is 10.0 Å². The molecular weight excluding hydrogens is 717 g/mol. The van der Waals surface area contributed by atoms with E-state index in [4.69, 9.17) is 4.74 Å². The fraction of sp³-hybridized carbons (Fsp3) is 0.667. The highest BCUT2D eigenvalue weighted by atomic mass is 32.2. The maximum Gasteiger partial charge on any atom is 0.264 e. The number of benzene rings is 2. The van der Waals surface area contributed by atoms with Crippen LogP contribution in [0, 0.1) is 29.1 Å². The van der Waals surface area contributed by atoms with Crippen LogP contribution in [0.1, 0.15) is 169 Å². The molecule has 8 heteroatoms. The van der Waals surface area contributed by atoms with Crippen LogP contribution < -0.4 is 9.46 Å². The maximum atomic E-state index is 14.7. The van der Waals surface area contributed by atoms with E-state index in [1.807, 2.05) is 6.07 Å². The van der Waals surface area contributed by atoms with Crippen molar-refractivity contribution in [3.63, 3.8) is 0 Å². The fourth-order valence-corrected chi connectivity index (χ4v) is 13.0. The Kier molecular flexibility index (Phi) is 10.5. The predicted octanol–water partition coefficient (Wildman–Crippen LogP) is 10.2. The molecule has 2 unspecified atom stereocenters. The number of nitrogens with one attached hydrogen (secondary N) is 1. The van der Waals surface area contributed by atoms with Gasteiger partial charge in [-0.25, -0.2) is 13.1 Å². The van der Waals surface area contributed by atoms with E-state index in [-0.39, 0.29) is 10.8 Å². The zero-order valence-corrected chi connectivity index (χ0v) is 35.8. The summed E-state index contributed by atoms with van der Waals surface area (Å²) in [5.41, 5.74) is 8.01. The van der Waals surface area contributed by atoms with Crippen LogP contribution >= 0.6 is 0 Å². The third kappa shape index (κ3) is 6.61. The van der Waals surface area contributed by atoms with Crippen LogP contribution in [0.5, 0.6) is 5.75 Å². The number of carbonyl (C=O) groups is 2. The minimum absolute atomic E-state index is 0.256. The van der Waals surface area contributed by atoms with E-state index < -0.39 is 21.2 Å². The number of amides is 1. The van der Waals surface area contributed by atoms with Crippen molar-refractivity contribution in [2.24, 2.45) is 22.2 Å². The van der Waals surface area contributed by atoms with E-state index >= 15 is 0 Å². The smallest absolute Gasteiger partial charge is 0.264 e. The van der Waals surface area contributed by atoms with Gasteiger partial charge in [0.1, 0.15) is 11.5 Å². The van der Waals surface area contributed by atoms with Gasteiger partial charge in [0.25, 0.3) is 5.91 Å². The molecule has 2 aromatic carbocycles. The first-order valence-electron chi connectivity index (χ1n) is 22.1. The number of fused-ring (bicyclic) bond motifs is 4. The van der Waals surface area contributed by atoms with Crippen molar-refractivity contribution in [1.29, 1.82) is 0 Å². The Bertz CT molecular complexity index is 2020. The molecular formula is C48H66N2O5S. The van der Waals surface area contributed by atoms with Crippen molar-refractivity contribution in [1.82, 2.24) is 9.62 Å². The van der Waals surface area contributed by atoms with Crippen molar-refractivity contribution in [2.75, 3.05) is 20.2 Å². The van der Waals surface area contributed by atoms with E-state index in [2.05, 4.69) is 54.7 Å². The Hall–Kier alpha value is -2.97. The quantitative estimate of drug-likeness (QED) is 0.218. The largest absolute Gasteiger partial charge is 0.497 e. The van der Waals surface area contributed by atoms with Crippen molar-refractivity contribution < 1.29 is 22.7 Å². The number of hydrogen-bond acceptors (Lipinski definition) is 6. The van der Waals surface area contributed by atoms with Gasteiger partial charge in [-0.2, -0.15) is 0 Å². The predicted molar refractivity (Wildman–Crippen MR) is 225 cm³/mol. The lowest BCUT2D eigenvalue weighted by Crippen LogP contribution is -2.50. The Labute approximate surface area is 336 Å². The molecule has 8 rings (SSSR count). The van der Waals surface area contributed by atoms with E-state index in [1.54, 1.807) is 27.0 Å². The Morgan fingerprint density at radius 2 is 1.68 bits per heavy atom. The second kappa shape index (κ2) is 14.7. The molecule has 2 aromatic rings. The van der Waals surface area contributed by atoms with Crippen LogP contribution in [0.2, 0.25) is 0 Å². The molecule has 1 saturated heterocycles. The van der Waals surface area contributed by atoms with Gasteiger partial charge in [0.05, 0.1) is 12.4 Å². The number of Topliss-reactive ketones (excluding diaryl/α,β-unsaturated/α-hetero) is 1. The van der Waals surface area contributed by atoms with Gasteiger partial charge in [0, 0.05) is 41.9 Å². The topological polar surface area (TPSA) is 92.8 Å². The molecule has 304 valence electrons. The van der Waals surface area contributed by atoms with Gasteiger partial charge >= 0.3 is 0 Å². The molecule has 56 heavy (non-hydrogen) atoms. The number of carbonyl (C=O) groups excluding carboxylic acids is 2. The first-order chi connectivity index (χ1) is 26.7. The lowest BCUT2D eigenvalue weighted by Gasteiger charge is -2.55. The summed E-state index contributed by atoms with van der Waals surface area (Å²) in [6.45, 7) is 12.5. The minimum atomic E-state index is -3.75. The number of aryl methyl sites for hydroxylation is 1. The van der Waals surface area contributed by atoms with Gasteiger partial charge in [-0.05, 0) is 179 Å². The summed E-state index contributed by atoms with van der Waals surface area (Å²) in [5.74, 6) is 1.11. The average molecular weight is 783 g/mol. The summed E-state index contributed by atoms with van der Waals surface area (Å²) < 4.78 is 33.2. The fourth-order valence-electron chi connectivity index (χ4n) is 12.4. The van der Waals surface area contributed by atoms with Gasteiger partial charge < -0.3 is 4.74 Å². The number of methoxy groups -OCH3 is 1. The zero-order chi connectivity index (χ0) is 39.7. The van der Waals surface area contributed by atoms with Gasteiger partial charge in [-0.1, -0.05) is 45.2 Å². The first kappa shape index (κ1) is 39.8. The van der Waals surface area contributed by atoms with Crippen molar-refractivity contribution in [3.8, 4) is 5.75 Å². The molecule has 1 amide bonds. The Balaban J connectivity index is 1.11. The molecule has 0 radical (unpaired) electrons. The second-order valence-corrected chi connectivity index (χ2v) is 21.7. The molecule has 1 heterocycles. The molecule has 7 nitrogen and oxygen atoms in total. The number of sulfonamides is 1. The van der Waals surface area contributed by atoms with Crippen molar-refractivity contribution in [3.05, 3.63) is 64.2 Å². The minimum Gasteiger partial charge on any atom is -0.497 e. The average Bonchev–Trinajstić information content (AvgIpc) is 4.10. The number of hydrogen-bond donors (Lipinski definition) is 1. The summed E-state index contributed by atoms with van der Waals surface area (Å²) in [5, 5.41) is -0.701. The summed E-state index contributed by atoms with van der Waals surface area (Å²) in [4.78, 5) is 30.7.